The number of aryl methyl sites for hydroxylation is 2. The molecule has 0 saturated carbocycles. The first-order valence-corrected chi connectivity index (χ1v) is 12.1. The maximum atomic E-state index is 5.73. The van der Waals surface area contributed by atoms with E-state index in [1.54, 1.807) is 18.4 Å². The number of guanidine groups is 1. The predicted octanol–water partition coefficient (Wildman–Crippen LogP) is 4.49. The van der Waals surface area contributed by atoms with Crippen LogP contribution in [0.1, 0.15) is 47.7 Å². The Morgan fingerprint density at radius 2 is 2.03 bits per heavy atom. The van der Waals surface area contributed by atoms with Crippen LogP contribution in [0.5, 0.6) is 5.75 Å². The van der Waals surface area contributed by atoms with E-state index in [4.69, 9.17) is 14.5 Å². The lowest BCUT2D eigenvalue weighted by Crippen LogP contribution is -2.42. The fourth-order valence-corrected chi connectivity index (χ4v) is 4.86. The molecule has 1 aromatic carbocycles. The molecule has 1 aromatic heterocycles. The van der Waals surface area contributed by atoms with Gasteiger partial charge >= 0.3 is 0 Å². The molecule has 32 heavy (non-hydrogen) atoms. The zero-order valence-corrected chi connectivity index (χ0v) is 22.8. The molecule has 2 heterocycles. The smallest absolute Gasteiger partial charge is 0.191 e. The molecule has 0 atom stereocenters. The Morgan fingerprint density at radius 3 is 2.69 bits per heavy atom. The summed E-state index contributed by atoms with van der Waals surface area (Å²) in [7, 11) is 1.75. The number of aromatic nitrogens is 1. The standard InChI is InChI=1S/C24H36N4O2S.HI/c1-5-19-16-27-22(31-19)9-12-26-23(25-6-2)28-17-24(10-13-30-14-11-24)20-15-18(3)7-8-21(20)29-4;/h7-8,15-16H,5-6,9-14,17H2,1-4H3,(H2,25,26,28);1H. The molecular formula is C24H37IN4O2S. The van der Waals surface area contributed by atoms with Gasteiger partial charge in [-0.1, -0.05) is 24.6 Å². The maximum Gasteiger partial charge on any atom is 0.191 e. The van der Waals surface area contributed by atoms with Crippen molar-refractivity contribution in [2.75, 3.05) is 40.0 Å². The average Bonchev–Trinajstić information content (AvgIpc) is 3.26. The summed E-state index contributed by atoms with van der Waals surface area (Å²) in [5.74, 6) is 1.79. The number of halogens is 1. The van der Waals surface area contributed by atoms with Crippen LogP contribution >= 0.6 is 35.3 Å². The van der Waals surface area contributed by atoms with Gasteiger partial charge in [-0.05, 0) is 39.2 Å². The van der Waals surface area contributed by atoms with Crippen molar-refractivity contribution >= 4 is 41.3 Å². The van der Waals surface area contributed by atoms with Crippen molar-refractivity contribution in [3.8, 4) is 5.75 Å². The Kier molecular flexibility index (Phi) is 11.2. The van der Waals surface area contributed by atoms with Gasteiger partial charge in [0.05, 0.1) is 18.7 Å². The van der Waals surface area contributed by atoms with Gasteiger partial charge in [0, 0.05) is 54.8 Å². The molecule has 8 heteroatoms. The zero-order chi connectivity index (χ0) is 22.1. The van der Waals surface area contributed by atoms with E-state index in [0.717, 1.165) is 63.7 Å². The Labute approximate surface area is 213 Å². The SMILES string of the molecule is CCNC(=NCC1(c2cc(C)ccc2OC)CCOCC1)NCCc1ncc(CC)s1.I. The summed E-state index contributed by atoms with van der Waals surface area (Å²) in [6.07, 6.45) is 5.82. The van der Waals surface area contributed by atoms with Gasteiger partial charge < -0.3 is 20.1 Å². The number of hydrogen-bond acceptors (Lipinski definition) is 5. The fourth-order valence-electron chi connectivity index (χ4n) is 4.00. The fraction of sp³-hybridized carbons (Fsp3) is 0.583. The van der Waals surface area contributed by atoms with E-state index in [1.165, 1.54) is 21.0 Å². The molecule has 1 aliphatic heterocycles. The topological polar surface area (TPSA) is 67.8 Å². The van der Waals surface area contributed by atoms with Crippen LogP contribution in [0.3, 0.4) is 0 Å². The summed E-state index contributed by atoms with van der Waals surface area (Å²) in [5.41, 5.74) is 2.40. The number of benzene rings is 1. The normalized spacial score (nSPS) is 15.7. The first-order valence-electron chi connectivity index (χ1n) is 11.3. The van der Waals surface area contributed by atoms with Gasteiger partial charge in [0.2, 0.25) is 0 Å². The van der Waals surface area contributed by atoms with E-state index in [0.29, 0.717) is 6.54 Å². The Bertz CT molecular complexity index is 865. The third-order valence-corrected chi connectivity index (χ3v) is 7.04. The van der Waals surface area contributed by atoms with Crippen LogP contribution < -0.4 is 15.4 Å². The molecule has 0 amide bonds. The van der Waals surface area contributed by atoms with Gasteiger partial charge in [-0.25, -0.2) is 4.98 Å². The highest BCUT2D eigenvalue weighted by atomic mass is 127. The van der Waals surface area contributed by atoms with Crippen LogP contribution in [0, 0.1) is 6.92 Å². The van der Waals surface area contributed by atoms with E-state index in [1.807, 2.05) is 6.20 Å². The molecule has 1 fully saturated rings. The van der Waals surface area contributed by atoms with Crippen LogP contribution in [0.15, 0.2) is 29.4 Å². The lowest BCUT2D eigenvalue weighted by atomic mass is 9.73. The summed E-state index contributed by atoms with van der Waals surface area (Å²) in [4.78, 5) is 10.9. The van der Waals surface area contributed by atoms with Gasteiger partial charge in [-0.2, -0.15) is 0 Å². The maximum absolute atomic E-state index is 5.73. The van der Waals surface area contributed by atoms with Gasteiger partial charge in [-0.3, -0.25) is 4.99 Å². The number of nitrogens with one attached hydrogen (secondary N) is 2. The summed E-state index contributed by atoms with van der Waals surface area (Å²) < 4.78 is 11.4. The van der Waals surface area contributed by atoms with Gasteiger partial charge in [0.1, 0.15) is 5.75 Å². The number of ether oxygens (including phenoxy) is 2. The number of thiazole rings is 1. The molecule has 178 valence electrons. The monoisotopic (exact) mass is 572 g/mol. The number of methoxy groups -OCH3 is 1. The number of nitrogens with zero attached hydrogens (tertiary/aromatic N) is 2. The third kappa shape index (κ3) is 7.05. The zero-order valence-electron chi connectivity index (χ0n) is 19.7. The summed E-state index contributed by atoms with van der Waals surface area (Å²) in [5, 5.41) is 8.05. The van der Waals surface area contributed by atoms with Crippen molar-refractivity contribution < 1.29 is 9.47 Å². The highest BCUT2D eigenvalue weighted by molar-refractivity contribution is 14.0. The summed E-state index contributed by atoms with van der Waals surface area (Å²) in [6, 6.07) is 6.44. The third-order valence-electron chi connectivity index (χ3n) is 5.84. The Morgan fingerprint density at radius 1 is 1.25 bits per heavy atom. The van der Waals surface area contributed by atoms with Crippen molar-refractivity contribution in [2.24, 2.45) is 4.99 Å². The molecule has 2 N–H and O–H groups in total. The molecule has 2 aromatic rings. The van der Waals surface area contributed by atoms with Gasteiger partial charge in [0.15, 0.2) is 5.96 Å². The minimum absolute atomic E-state index is 0. The first kappa shape index (κ1) is 26.9. The van der Waals surface area contributed by atoms with Gasteiger partial charge in [0.25, 0.3) is 0 Å². The minimum atomic E-state index is -0.0801. The van der Waals surface area contributed by atoms with E-state index >= 15 is 0 Å². The van der Waals surface area contributed by atoms with Crippen LogP contribution in [0.4, 0.5) is 0 Å². The molecule has 1 aliphatic rings. The second-order valence-electron chi connectivity index (χ2n) is 8.04. The highest BCUT2D eigenvalue weighted by Gasteiger charge is 2.37. The number of hydrogen-bond donors (Lipinski definition) is 2. The van der Waals surface area contributed by atoms with Crippen molar-refractivity contribution in [3.63, 3.8) is 0 Å². The summed E-state index contributed by atoms with van der Waals surface area (Å²) >= 11 is 1.80. The second-order valence-corrected chi connectivity index (χ2v) is 9.24. The van der Waals surface area contributed by atoms with Crippen molar-refractivity contribution in [3.05, 3.63) is 45.4 Å². The van der Waals surface area contributed by atoms with E-state index in [2.05, 4.69) is 54.6 Å². The largest absolute Gasteiger partial charge is 0.496 e. The van der Waals surface area contributed by atoms with Crippen molar-refractivity contribution in [1.82, 2.24) is 15.6 Å². The molecule has 0 unspecified atom stereocenters. The Balaban J connectivity index is 0.00000363. The molecule has 0 spiro atoms. The quantitative estimate of drug-likeness (QED) is 0.264. The lowest BCUT2D eigenvalue weighted by molar-refractivity contribution is 0.0522. The van der Waals surface area contributed by atoms with E-state index in [-0.39, 0.29) is 29.4 Å². The van der Waals surface area contributed by atoms with Crippen LogP contribution in [-0.4, -0.2) is 50.9 Å². The summed E-state index contributed by atoms with van der Waals surface area (Å²) in [6.45, 7) is 10.2. The average molecular weight is 573 g/mol. The lowest BCUT2D eigenvalue weighted by Gasteiger charge is -2.37. The van der Waals surface area contributed by atoms with E-state index < -0.39 is 0 Å². The molecule has 0 aliphatic carbocycles. The van der Waals surface area contributed by atoms with Crippen LogP contribution in [0.2, 0.25) is 0 Å². The molecular weight excluding hydrogens is 535 g/mol. The van der Waals surface area contributed by atoms with Crippen molar-refractivity contribution in [1.29, 1.82) is 0 Å². The molecule has 0 radical (unpaired) electrons. The van der Waals surface area contributed by atoms with Crippen molar-refractivity contribution in [2.45, 2.75) is 51.9 Å². The van der Waals surface area contributed by atoms with Gasteiger partial charge in [-0.15, -0.1) is 35.3 Å². The molecule has 1 saturated heterocycles. The molecule has 6 nitrogen and oxygen atoms in total. The predicted molar refractivity (Wildman–Crippen MR) is 144 cm³/mol. The van der Waals surface area contributed by atoms with E-state index in [9.17, 15) is 0 Å². The Hall–Kier alpha value is -1.39. The number of aliphatic imine (C=N–C) groups is 1. The van der Waals surface area contributed by atoms with Crippen LogP contribution in [0.25, 0.3) is 0 Å². The molecule has 0 bridgehead atoms. The van der Waals surface area contributed by atoms with Crippen LogP contribution in [-0.2, 0) is 23.0 Å². The first-order chi connectivity index (χ1) is 15.1. The second kappa shape index (κ2) is 13.3. The molecule has 3 rings (SSSR count). The highest BCUT2D eigenvalue weighted by Crippen LogP contribution is 2.40. The number of rotatable bonds is 9. The minimum Gasteiger partial charge on any atom is -0.496 e.